The number of nitrogens with zero attached hydrogens (tertiary/aromatic N) is 3. The van der Waals surface area contributed by atoms with Crippen molar-refractivity contribution in [2.75, 3.05) is 26.8 Å². The Hall–Kier alpha value is -2.21. The minimum Gasteiger partial charge on any atom is -0.421 e. The maximum Gasteiger partial charge on any atom is 0.247 e. The second-order valence-corrected chi connectivity index (χ2v) is 5.93. The van der Waals surface area contributed by atoms with Crippen molar-refractivity contribution in [3.05, 3.63) is 35.7 Å². The molecule has 1 aliphatic heterocycles. The van der Waals surface area contributed by atoms with E-state index in [9.17, 15) is 4.79 Å². The summed E-state index contributed by atoms with van der Waals surface area (Å²) in [6.07, 6.45) is 1.48. The van der Waals surface area contributed by atoms with Crippen LogP contribution in [0.1, 0.15) is 17.9 Å². The van der Waals surface area contributed by atoms with Crippen LogP contribution in [0.25, 0.3) is 11.5 Å². The first-order chi connectivity index (χ1) is 11.2. The summed E-state index contributed by atoms with van der Waals surface area (Å²) >= 11 is 0. The van der Waals surface area contributed by atoms with Gasteiger partial charge in [-0.1, -0.05) is 12.1 Å². The number of hydrogen-bond acceptors (Lipinski definition) is 5. The van der Waals surface area contributed by atoms with Crippen molar-refractivity contribution in [1.82, 2.24) is 15.1 Å². The van der Waals surface area contributed by atoms with Gasteiger partial charge in [0.15, 0.2) is 0 Å². The number of methoxy groups -OCH3 is 1. The Morgan fingerprint density at radius 1 is 1.39 bits per heavy atom. The minimum absolute atomic E-state index is 0.218. The molecule has 1 aromatic carbocycles. The molecule has 3 rings (SSSR count). The summed E-state index contributed by atoms with van der Waals surface area (Å²) < 4.78 is 10.5. The zero-order valence-corrected chi connectivity index (χ0v) is 13.5. The monoisotopic (exact) mass is 315 g/mol. The zero-order valence-electron chi connectivity index (χ0n) is 13.5. The van der Waals surface area contributed by atoms with Gasteiger partial charge in [-0.05, 0) is 30.0 Å². The second-order valence-electron chi connectivity index (χ2n) is 5.93. The van der Waals surface area contributed by atoms with E-state index < -0.39 is 0 Å². The summed E-state index contributed by atoms with van der Waals surface area (Å²) in [5, 5.41) is 7.92. The average molecular weight is 315 g/mol. The fourth-order valence-electron chi connectivity index (χ4n) is 2.99. The summed E-state index contributed by atoms with van der Waals surface area (Å²) in [7, 11) is 1.66. The van der Waals surface area contributed by atoms with Crippen LogP contribution in [-0.2, 0) is 16.0 Å². The molecule has 1 saturated heterocycles. The molecule has 0 aliphatic carbocycles. The molecule has 0 saturated carbocycles. The summed E-state index contributed by atoms with van der Waals surface area (Å²) in [4.78, 5) is 13.9. The van der Waals surface area contributed by atoms with Gasteiger partial charge in [0.2, 0.25) is 17.7 Å². The van der Waals surface area contributed by atoms with Crippen LogP contribution in [0.15, 0.2) is 28.7 Å². The summed E-state index contributed by atoms with van der Waals surface area (Å²) in [5.41, 5.74) is 2.11. The second kappa shape index (κ2) is 6.91. The Kier molecular flexibility index (Phi) is 4.71. The van der Waals surface area contributed by atoms with E-state index >= 15 is 0 Å². The van der Waals surface area contributed by atoms with Crippen molar-refractivity contribution in [2.45, 2.75) is 19.8 Å². The van der Waals surface area contributed by atoms with Crippen molar-refractivity contribution in [3.8, 4) is 11.5 Å². The van der Waals surface area contributed by atoms with Gasteiger partial charge in [-0.3, -0.25) is 4.79 Å². The quantitative estimate of drug-likeness (QED) is 0.816. The topological polar surface area (TPSA) is 68.5 Å². The van der Waals surface area contributed by atoms with Crippen molar-refractivity contribution in [2.24, 2.45) is 5.92 Å². The molecule has 1 aromatic heterocycles. The molecule has 0 spiro atoms. The van der Waals surface area contributed by atoms with E-state index in [0.29, 0.717) is 37.3 Å². The first-order valence-corrected chi connectivity index (χ1v) is 7.82. The smallest absolute Gasteiger partial charge is 0.247 e. The predicted octanol–water partition coefficient (Wildman–Crippen LogP) is 2.08. The first-order valence-electron chi connectivity index (χ1n) is 7.82. The van der Waals surface area contributed by atoms with Crippen LogP contribution in [0.5, 0.6) is 0 Å². The van der Waals surface area contributed by atoms with Crippen molar-refractivity contribution < 1.29 is 13.9 Å². The molecule has 122 valence electrons. The Morgan fingerprint density at radius 2 is 2.26 bits per heavy atom. The van der Waals surface area contributed by atoms with E-state index in [4.69, 9.17) is 9.15 Å². The molecule has 1 atom stereocenters. The highest BCUT2D eigenvalue weighted by Gasteiger charge is 2.29. The summed E-state index contributed by atoms with van der Waals surface area (Å²) in [6, 6.07) is 8.09. The van der Waals surface area contributed by atoms with Gasteiger partial charge in [0.1, 0.15) is 0 Å². The van der Waals surface area contributed by atoms with Crippen LogP contribution >= 0.6 is 0 Å². The third-order valence-electron chi connectivity index (χ3n) is 4.08. The van der Waals surface area contributed by atoms with Gasteiger partial charge in [-0.2, -0.15) is 0 Å². The molecule has 0 bridgehead atoms. The lowest BCUT2D eigenvalue weighted by Crippen LogP contribution is -2.28. The molecule has 6 heteroatoms. The maximum atomic E-state index is 12.0. The van der Waals surface area contributed by atoms with E-state index in [1.807, 2.05) is 17.0 Å². The van der Waals surface area contributed by atoms with Crippen LogP contribution in [-0.4, -0.2) is 47.8 Å². The molecule has 0 unspecified atom stereocenters. The molecule has 1 fully saturated rings. The van der Waals surface area contributed by atoms with Gasteiger partial charge in [-0.25, -0.2) is 0 Å². The molecule has 1 amide bonds. The standard InChI is InChI=1S/C17H21N3O3/c1-12-18-19-17(23-12)15-5-3-4-13(9-15)8-14-10-16(21)20(11-14)6-7-22-2/h3-5,9,14H,6-8,10-11H2,1-2H3/t14-/m0/s1. The predicted molar refractivity (Wildman–Crippen MR) is 84.7 cm³/mol. The van der Waals surface area contributed by atoms with Crippen molar-refractivity contribution in [1.29, 1.82) is 0 Å². The first kappa shape index (κ1) is 15.7. The van der Waals surface area contributed by atoms with Gasteiger partial charge >= 0.3 is 0 Å². The number of carbonyl (C=O) groups excluding carboxylic acids is 1. The van der Waals surface area contributed by atoms with Gasteiger partial charge in [0, 0.05) is 39.1 Å². The number of rotatable bonds is 6. The Balaban J connectivity index is 1.66. The third kappa shape index (κ3) is 3.76. The van der Waals surface area contributed by atoms with Crippen LogP contribution in [0.4, 0.5) is 0 Å². The molecule has 2 heterocycles. The van der Waals surface area contributed by atoms with Crippen LogP contribution in [0.2, 0.25) is 0 Å². The Morgan fingerprint density at radius 3 is 3.00 bits per heavy atom. The highest BCUT2D eigenvalue weighted by atomic mass is 16.5. The van der Waals surface area contributed by atoms with Gasteiger partial charge in [0.05, 0.1) is 6.61 Å². The van der Waals surface area contributed by atoms with Crippen LogP contribution < -0.4 is 0 Å². The SMILES string of the molecule is COCCN1C[C@@H](Cc2cccc(-c3nnc(C)o3)c2)CC1=O. The van der Waals surface area contributed by atoms with Gasteiger partial charge < -0.3 is 14.1 Å². The van der Waals surface area contributed by atoms with E-state index in [1.165, 1.54) is 5.56 Å². The number of aryl methyl sites for hydroxylation is 1. The van der Waals surface area contributed by atoms with Gasteiger partial charge in [0.25, 0.3) is 0 Å². The van der Waals surface area contributed by atoms with Gasteiger partial charge in [-0.15, -0.1) is 10.2 Å². The maximum absolute atomic E-state index is 12.0. The lowest BCUT2D eigenvalue weighted by molar-refractivity contribution is -0.128. The van der Waals surface area contributed by atoms with Crippen LogP contribution in [0, 0.1) is 12.8 Å². The minimum atomic E-state index is 0.218. The van der Waals surface area contributed by atoms with Crippen LogP contribution in [0.3, 0.4) is 0 Å². The molecule has 2 aromatic rings. The van der Waals surface area contributed by atoms with E-state index in [-0.39, 0.29) is 5.91 Å². The molecule has 0 N–H and O–H groups in total. The number of likely N-dealkylation sites (tertiary alicyclic amines) is 1. The number of hydrogen-bond donors (Lipinski definition) is 0. The molecular formula is C17H21N3O3. The number of amides is 1. The molecule has 1 aliphatic rings. The largest absolute Gasteiger partial charge is 0.421 e. The van der Waals surface area contributed by atoms with E-state index in [0.717, 1.165) is 18.5 Å². The normalized spacial score (nSPS) is 17.9. The highest BCUT2D eigenvalue weighted by molar-refractivity contribution is 5.78. The Bertz CT molecular complexity index is 683. The zero-order chi connectivity index (χ0) is 16.2. The van der Waals surface area contributed by atoms with Crippen molar-refractivity contribution >= 4 is 5.91 Å². The molecule has 23 heavy (non-hydrogen) atoms. The number of benzene rings is 1. The fraction of sp³-hybridized carbons (Fsp3) is 0.471. The molecular weight excluding hydrogens is 294 g/mol. The average Bonchev–Trinajstić information content (AvgIpc) is 3.11. The molecule has 6 nitrogen and oxygen atoms in total. The lowest BCUT2D eigenvalue weighted by atomic mass is 9.97. The van der Waals surface area contributed by atoms with E-state index in [2.05, 4.69) is 22.3 Å². The van der Waals surface area contributed by atoms with E-state index in [1.54, 1.807) is 14.0 Å². The Labute approximate surface area is 135 Å². The third-order valence-corrected chi connectivity index (χ3v) is 4.08. The number of carbonyl (C=O) groups is 1. The molecule has 0 radical (unpaired) electrons. The highest BCUT2D eigenvalue weighted by Crippen LogP contribution is 2.24. The number of ether oxygens (including phenoxy) is 1. The number of aromatic nitrogens is 2. The van der Waals surface area contributed by atoms with Crippen molar-refractivity contribution in [3.63, 3.8) is 0 Å². The fourth-order valence-corrected chi connectivity index (χ4v) is 2.99. The summed E-state index contributed by atoms with van der Waals surface area (Å²) in [5.74, 6) is 1.66. The lowest BCUT2D eigenvalue weighted by Gasteiger charge is -2.16. The summed E-state index contributed by atoms with van der Waals surface area (Å²) in [6.45, 7) is 3.84.